The van der Waals surface area contributed by atoms with E-state index < -0.39 is 24.4 Å². The van der Waals surface area contributed by atoms with Crippen LogP contribution in [0.1, 0.15) is 27.7 Å². The Morgan fingerprint density at radius 1 is 1.15 bits per heavy atom. The lowest BCUT2D eigenvalue weighted by molar-refractivity contribution is -0.0936. The first-order valence-corrected chi connectivity index (χ1v) is 8.49. The summed E-state index contributed by atoms with van der Waals surface area (Å²) < 4.78 is 50.9. The van der Waals surface area contributed by atoms with Gasteiger partial charge in [-0.05, 0) is 42.9 Å². The van der Waals surface area contributed by atoms with E-state index >= 15 is 0 Å². The maximum atomic E-state index is 14.6. The second-order valence-corrected chi connectivity index (χ2v) is 7.68. The zero-order valence-electron chi connectivity index (χ0n) is 15.7. The van der Waals surface area contributed by atoms with Crippen molar-refractivity contribution in [3.63, 3.8) is 0 Å². The molecule has 1 aliphatic rings. The van der Waals surface area contributed by atoms with Crippen LogP contribution in [0.2, 0.25) is 0 Å². The smallest absolute Gasteiger partial charge is 0.468 e. The zero-order chi connectivity index (χ0) is 19.1. The van der Waals surface area contributed by atoms with Gasteiger partial charge in [0.2, 0.25) is 0 Å². The third-order valence-electron chi connectivity index (χ3n) is 5.24. The van der Waals surface area contributed by atoms with Crippen LogP contribution in [0.4, 0.5) is 8.78 Å². The second kappa shape index (κ2) is 6.80. The fraction of sp³-hybridized carbons (Fsp3) is 0.474. The second-order valence-electron chi connectivity index (χ2n) is 7.68. The Morgan fingerprint density at radius 2 is 1.88 bits per heavy atom. The largest absolute Gasteiger partial charge is 0.495 e. The number of rotatable bonds is 4. The van der Waals surface area contributed by atoms with E-state index in [4.69, 9.17) is 18.8 Å². The van der Waals surface area contributed by atoms with E-state index in [1.165, 1.54) is 13.2 Å². The van der Waals surface area contributed by atoms with Crippen molar-refractivity contribution in [1.29, 1.82) is 0 Å². The Labute approximate surface area is 152 Å². The predicted octanol–water partition coefficient (Wildman–Crippen LogP) is 3.65. The van der Waals surface area contributed by atoms with Crippen molar-refractivity contribution in [3.8, 4) is 5.75 Å². The summed E-state index contributed by atoms with van der Waals surface area (Å²) in [6.45, 7) is 8.48. The summed E-state index contributed by atoms with van der Waals surface area (Å²) in [7, 11) is 0.678. The monoisotopic (exact) mass is 364 g/mol. The first kappa shape index (κ1) is 19.1. The topological polar surface area (TPSA) is 36.9 Å². The average Bonchev–Trinajstić information content (AvgIpc) is 2.58. The van der Waals surface area contributed by atoms with Crippen molar-refractivity contribution >= 4 is 23.4 Å². The zero-order valence-corrected chi connectivity index (χ0v) is 15.7. The summed E-state index contributed by atoms with van der Waals surface area (Å²) in [5.41, 5.74) is -0.350. The predicted molar refractivity (Wildman–Crippen MR) is 96.7 cm³/mol. The Kier molecular flexibility index (Phi) is 4.99. The van der Waals surface area contributed by atoms with Gasteiger partial charge >= 0.3 is 7.12 Å². The molecule has 140 valence electrons. The third kappa shape index (κ3) is 3.31. The van der Waals surface area contributed by atoms with Gasteiger partial charge < -0.3 is 18.8 Å². The molecule has 0 N–H and O–H groups in total. The first-order valence-electron chi connectivity index (χ1n) is 8.49. The fourth-order valence-electron chi connectivity index (χ4n) is 2.87. The van der Waals surface area contributed by atoms with Crippen LogP contribution in [0.5, 0.6) is 5.75 Å². The molecule has 2 aromatic rings. The molecular weight excluding hydrogens is 341 g/mol. The van der Waals surface area contributed by atoms with Gasteiger partial charge in [-0.25, -0.2) is 8.78 Å². The SMILES string of the molecule is COCOc1cc(B2OCC(C)(C)C(C)(C)O2)c2c(F)c(F)ccc2c1. The van der Waals surface area contributed by atoms with Crippen LogP contribution >= 0.6 is 0 Å². The van der Waals surface area contributed by atoms with Gasteiger partial charge in [0.15, 0.2) is 18.4 Å². The molecule has 7 heteroatoms. The molecule has 0 amide bonds. The van der Waals surface area contributed by atoms with Crippen LogP contribution in [0.25, 0.3) is 10.8 Å². The highest BCUT2D eigenvalue weighted by Crippen LogP contribution is 2.38. The standard InChI is InChI=1S/C19H23BF2O4/c1-18(2)10-25-20(26-19(18,3)4)14-9-13(24-11-23-5)8-12-6-7-15(21)17(22)16(12)14/h6-9H,10-11H2,1-5H3. The summed E-state index contributed by atoms with van der Waals surface area (Å²) >= 11 is 0. The van der Waals surface area contributed by atoms with Crippen molar-refractivity contribution in [3.05, 3.63) is 35.9 Å². The summed E-state index contributed by atoms with van der Waals surface area (Å²) in [4.78, 5) is 0. The molecule has 0 spiro atoms. The van der Waals surface area contributed by atoms with E-state index in [1.807, 2.05) is 27.7 Å². The van der Waals surface area contributed by atoms with E-state index in [1.54, 1.807) is 12.1 Å². The molecule has 1 saturated heterocycles. The highest BCUT2D eigenvalue weighted by molar-refractivity contribution is 6.64. The number of ether oxygens (including phenoxy) is 2. The Balaban J connectivity index is 2.12. The molecule has 4 nitrogen and oxygen atoms in total. The molecule has 0 aromatic heterocycles. The molecule has 0 saturated carbocycles. The number of benzene rings is 2. The molecule has 1 heterocycles. The average molecular weight is 364 g/mol. The van der Waals surface area contributed by atoms with Crippen molar-refractivity contribution < 1.29 is 27.6 Å². The van der Waals surface area contributed by atoms with Crippen LogP contribution in [0.3, 0.4) is 0 Å². The van der Waals surface area contributed by atoms with Crippen LogP contribution in [0.15, 0.2) is 24.3 Å². The van der Waals surface area contributed by atoms with Crippen LogP contribution in [-0.4, -0.2) is 33.2 Å². The lowest BCUT2D eigenvalue weighted by Crippen LogP contribution is -2.58. The van der Waals surface area contributed by atoms with Gasteiger partial charge in [0.1, 0.15) is 5.75 Å². The first-order chi connectivity index (χ1) is 12.2. The molecule has 1 fully saturated rings. The molecule has 3 rings (SSSR count). The number of halogens is 2. The lowest BCUT2D eigenvalue weighted by Gasteiger charge is -2.47. The van der Waals surface area contributed by atoms with Gasteiger partial charge in [0.25, 0.3) is 0 Å². The lowest BCUT2D eigenvalue weighted by atomic mass is 9.68. The summed E-state index contributed by atoms with van der Waals surface area (Å²) in [6.07, 6.45) is 0. The molecular formula is C19H23BF2O4. The molecule has 0 atom stereocenters. The number of hydrogen-bond acceptors (Lipinski definition) is 4. The molecule has 0 radical (unpaired) electrons. The highest BCUT2D eigenvalue weighted by atomic mass is 19.2. The number of hydrogen-bond donors (Lipinski definition) is 0. The van der Waals surface area contributed by atoms with Crippen LogP contribution in [0, 0.1) is 17.0 Å². The van der Waals surface area contributed by atoms with Gasteiger partial charge in [0, 0.05) is 24.5 Å². The maximum Gasteiger partial charge on any atom is 0.495 e. The minimum absolute atomic E-state index is 0.0412. The van der Waals surface area contributed by atoms with Crippen molar-refractivity contribution in [2.45, 2.75) is 33.3 Å². The Hall–Kier alpha value is -1.70. The minimum atomic E-state index is -0.925. The Bertz CT molecular complexity index is 823. The number of methoxy groups -OCH3 is 1. The summed E-state index contributed by atoms with van der Waals surface area (Å²) in [6, 6.07) is 5.85. The quantitative estimate of drug-likeness (QED) is 0.613. The summed E-state index contributed by atoms with van der Waals surface area (Å²) in [5, 5.41) is 0.637. The van der Waals surface area contributed by atoms with Crippen molar-refractivity contribution in [2.24, 2.45) is 5.41 Å². The van der Waals surface area contributed by atoms with Gasteiger partial charge in [-0.2, -0.15) is 0 Å². The van der Waals surface area contributed by atoms with E-state index in [-0.39, 0.29) is 17.6 Å². The minimum Gasteiger partial charge on any atom is -0.468 e. The van der Waals surface area contributed by atoms with Gasteiger partial charge in [-0.15, -0.1) is 0 Å². The maximum absolute atomic E-state index is 14.6. The Morgan fingerprint density at radius 3 is 2.54 bits per heavy atom. The molecule has 2 aromatic carbocycles. The van der Waals surface area contributed by atoms with Crippen LogP contribution in [-0.2, 0) is 14.0 Å². The summed E-state index contributed by atoms with van der Waals surface area (Å²) in [5.74, 6) is -1.37. The normalized spacial score (nSPS) is 19.0. The van der Waals surface area contributed by atoms with Gasteiger partial charge in [-0.1, -0.05) is 19.9 Å². The number of fused-ring (bicyclic) bond motifs is 1. The van der Waals surface area contributed by atoms with Crippen molar-refractivity contribution in [1.82, 2.24) is 0 Å². The van der Waals surface area contributed by atoms with E-state index in [0.29, 0.717) is 23.2 Å². The van der Waals surface area contributed by atoms with Crippen molar-refractivity contribution in [2.75, 3.05) is 20.5 Å². The van der Waals surface area contributed by atoms with E-state index in [9.17, 15) is 8.78 Å². The fourth-order valence-corrected chi connectivity index (χ4v) is 2.87. The third-order valence-corrected chi connectivity index (χ3v) is 5.24. The highest BCUT2D eigenvalue weighted by Gasteiger charge is 2.47. The molecule has 0 unspecified atom stereocenters. The van der Waals surface area contributed by atoms with E-state index in [2.05, 4.69) is 0 Å². The molecule has 0 bridgehead atoms. The van der Waals surface area contributed by atoms with Crippen LogP contribution < -0.4 is 10.2 Å². The molecule has 1 aliphatic heterocycles. The van der Waals surface area contributed by atoms with Gasteiger partial charge in [0.05, 0.1) is 5.60 Å². The molecule has 0 aliphatic carbocycles. The van der Waals surface area contributed by atoms with E-state index in [0.717, 1.165) is 6.07 Å². The van der Waals surface area contributed by atoms with Gasteiger partial charge in [-0.3, -0.25) is 0 Å². The molecule has 26 heavy (non-hydrogen) atoms.